The van der Waals surface area contributed by atoms with Gasteiger partial charge in [0, 0.05) is 23.7 Å². The summed E-state index contributed by atoms with van der Waals surface area (Å²) < 4.78 is 7.96. The number of nitrogens with zero attached hydrogens (tertiary/aromatic N) is 3. The number of thiazole rings is 1. The van der Waals surface area contributed by atoms with Crippen LogP contribution in [0.2, 0.25) is 5.02 Å². The number of allylic oxidation sites excluding steroid dienone is 1. The van der Waals surface area contributed by atoms with E-state index in [-0.39, 0.29) is 18.1 Å². The molecule has 0 aliphatic carbocycles. The Morgan fingerprint density at radius 1 is 1.15 bits per heavy atom. The third-order valence-electron chi connectivity index (χ3n) is 7.01. The molecule has 0 saturated heterocycles. The third-order valence-corrected chi connectivity index (χ3v) is 8.24. The lowest BCUT2D eigenvalue weighted by Gasteiger charge is -2.29. The molecular formula is C32H28ClN3O3S. The molecule has 4 aromatic rings. The van der Waals surface area contributed by atoms with E-state index in [2.05, 4.69) is 5.92 Å². The molecule has 0 unspecified atom stereocenters. The van der Waals surface area contributed by atoms with Gasteiger partial charge in [-0.15, -0.1) is 6.42 Å². The maximum Gasteiger partial charge on any atom is 0.271 e. The highest BCUT2D eigenvalue weighted by atomic mass is 35.5. The third kappa shape index (κ3) is 4.97. The molecule has 3 aromatic carbocycles. The average Bonchev–Trinajstić information content (AvgIpc) is 3.26. The summed E-state index contributed by atoms with van der Waals surface area (Å²) in [4.78, 5) is 34.9. The SMILES string of the molecule is C#CCOc1ccc2ccccc2c1/C=c1/sc2n(c1=O)[C@H](c1ccc(Cl)cc1)C(C(=O)N(CC)CC)=C(C)N=2. The van der Waals surface area contributed by atoms with Gasteiger partial charge in [0.25, 0.3) is 11.5 Å². The summed E-state index contributed by atoms with van der Waals surface area (Å²) in [5.41, 5.74) is 2.37. The van der Waals surface area contributed by atoms with Crippen molar-refractivity contribution in [3.8, 4) is 18.1 Å². The van der Waals surface area contributed by atoms with Crippen molar-refractivity contribution in [2.24, 2.45) is 4.99 Å². The second-order valence-electron chi connectivity index (χ2n) is 9.30. The van der Waals surface area contributed by atoms with Crippen molar-refractivity contribution in [3.05, 3.63) is 108 Å². The van der Waals surface area contributed by atoms with Crippen molar-refractivity contribution in [3.63, 3.8) is 0 Å². The van der Waals surface area contributed by atoms with Gasteiger partial charge in [0.1, 0.15) is 12.4 Å². The fourth-order valence-electron chi connectivity index (χ4n) is 5.04. The van der Waals surface area contributed by atoms with Crippen molar-refractivity contribution in [2.75, 3.05) is 19.7 Å². The minimum atomic E-state index is -0.645. The maximum absolute atomic E-state index is 14.1. The second kappa shape index (κ2) is 11.5. The van der Waals surface area contributed by atoms with E-state index in [4.69, 9.17) is 27.8 Å². The van der Waals surface area contributed by atoms with E-state index in [1.54, 1.807) is 21.6 Å². The van der Waals surface area contributed by atoms with Crippen molar-refractivity contribution < 1.29 is 9.53 Å². The Labute approximate surface area is 241 Å². The quantitative estimate of drug-likeness (QED) is 0.297. The van der Waals surface area contributed by atoms with E-state index in [1.807, 2.05) is 75.4 Å². The molecule has 1 atom stereocenters. The normalized spacial score (nSPS) is 15.0. The number of halogens is 1. The number of benzene rings is 3. The number of terminal acetylenes is 1. The molecule has 2 heterocycles. The Morgan fingerprint density at radius 2 is 1.88 bits per heavy atom. The molecule has 8 heteroatoms. The molecule has 0 spiro atoms. The predicted molar refractivity (Wildman–Crippen MR) is 161 cm³/mol. The minimum Gasteiger partial charge on any atom is -0.480 e. The van der Waals surface area contributed by atoms with E-state index in [9.17, 15) is 9.59 Å². The second-order valence-corrected chi connectivity index (χ2v) is 10.7. The lowest BCUT2D eigenvalue weighted by atomic mass is 9.94. The monoisotopic (exact) mass is 569 g/mol. The summed E-state index contributed by atoms with van der Waals surface area (Å²) in [5, 5.41) is 2.52. The van der Waals surface area contributed by atoms with Gasteiger partial charge >= 0.3 is 0 Å². The van der Waals surface area contributed by atoms with Crippen molar-refractivity contribution in [1.82, 2.24) is 9.47 Å². The largest absolute Gasteiger partial charge is 0.480 e. The van der Waals surface area contributed by atoms with Crippen LogP contribution in [0, 0.1) is 12.3 Å². The van der Waals surface area contributed by atoms with Crippen molar-refractivity contribution in [1.29, 1.82) is 0 Å². The van der Waals surface area contributed by atoms with Crippen LogP contribution in [-0.4, -0.2) is 35.1 Å². The first kappa shape index (κ1) is 27.4. The number of aromatic nitrogens is 1. The molecular weight excluding hydrogens is 542 g/mol. The van der Waals surface area contributed by atoms with E-state index in [0.717, 1.165) is 21.9 Å². The van der Waals surface area contributed by atoms with Gasteiger partial charge in [-0.3, -0.25) is 14.2 Å². The molecule has 1 aromatic heterocycles. The number of fused-ring (bicyclic) bond motifs is 2. The number of likely N-dealkylation sites (N-methyl/N-ethyl adjacent to an activating group) is 1. The number of carbonyl (C=O) groups excluding carboxylic acids is 1. The maximum atomic E-state index is 14.1. The van der Waals surface area contributed by atoms with Gasteiger partial charge in [-0.05, 0) is 61.4 Å². The zero-order valence-electron chi connectivity index (χ0n) is 22.5. The minimum absolute atomic E-state index is 0.104. The van der Waals surface area contributed by atoms with Gasteiger partial charge in [-0.25, -0.2) is 4.99 Å². The summed E-state index contributed by atoms with van der Waals surface area (Å²) in [6.45, 7) is 6.90. The first-order valence-corrected chi connectivity index (χ1v) is 14.2. The van der Waals surface area contributed by atoms with Gasteiger partial charge in [-0.2, -0.15) is 0 Å². The Kier molecular flexibility index (Phi) is 7.92. The highest BCUT2D eigenvalue weighted by Gasteiger charge is 2.34. The van der Waals surface area contributed by atoms with Gasteiger partial charge in [0.15, 0.2) is 4.80 Å². The van der Waals surface area contributed by atoms with E-state index in [0.29, 0.717) is 44.5 Å². The van der Waals surface area contributed by atoms with Crippen LogP contribution in [0.3, 0.4) is 0 Å². The first-order chi connectivity index (χ1) is 19.4. The molecule has 40 heavy (non-hydrogen) atoms. The van der Waals surface area contributed by atoms with Gasteiger partial charge in [0.05, 0.1) is 21.8 Å². The lowest BCUT2D eigenvalue weighted by molar-refractivity contribution is -0.127. The van der Waals surface area contributed by atoms with E-state index < -0.39 is 6.04 Å². The van der Waals surface area contributed by atoms with Gasteiger partial charge < -0.3 is 9.64 Å². The van der Waals surface area contributed by atoms with Crippen LogP contribution >= 0.6 is 22.9 Å². The van der Waals surface area contributed by atoms with Crippen LogP contribution in [-0.2, 0) is 4.79 Å². The molecule has 1 aliphatic heterocycles. The Balaban J connectivity index is 1.77. The standard InChI is InChI=1S/C32H28ClN3O3S/c1-5-18-39-26-17-14-21-10-8-9-11-24(21)25(26)19-27-30(37)36-29(22-12-15-23(33)16-13-22)28(20(4)34-32(36)40-27)31(38)35(6-2)7-3/h1,8-17,19,29H,6-7,18H2,2-4H3/b27-19+/t29-/m1/s1. The summed E-state index contributed by atoms with van der Waals surface area (Å²) in [6.07, 6.45) is 7.30. The molecule has 202 valence electrons. The average molecular weight is 570 g/mol. The Bertz CT molecular complexity index is 1860. The van der Waals surface area contributed by atoms with Crippen LogP contribution in [0.1, 0.15) is 37.9 Å². The number of rotatable bonds is 7. The Hall–Kier alpha value is -4.12. The molecule has 0 fully saturated rings. The number of hydrogen-bond acceptors (Lipinski definition) is 5. The summed E-state index contributed by atoms with van der Waals surface area (Å²) in [5.74, 6) is 2.96. The molecule has 1 aliphatic rings. The predicted octanol–water partition coefficient (Wildman–Crippen LogP) is 4.92. The smallest absolute Gasteiger partial charge is 0.271 e. The first-order valence-electron chi connectivity index (χ1n) is 13.0. The van der Waals surface area contributed by atoms with Gasteiger partial charge in [-0.1, -0.05) is 71.3 Å². The number of ether oxygens (including phenoxy) is 1. The molecule has 5 rings (SSSR count). The fraction of sp³-hybridized carbons (Fsp3) is 0.219. The van der Waals surface area contributed by atoms with Gasteiger partial charge in [0.2, 0.25) is 0 Å². The summed E-state index contributed by atoms with van der Waals surface area (Å²) in [6, 6.07) is 18.3. The molecule has 1 amide bonds. The topological polar surface area (TPSA) is 63.9 Å². The number of hydrogen-bond donors (Lipinski definition) is 0. The van der Waals surface area contributed by atoms with Crippen molar-refractivity contribution >= 4 is 45.7 Å². The number of amides is 1. The van der Waals surface area contributed by atoms with Crippen molar-refractivity contribution in [2.45, 2.75) is 26.8 Å². The molecule has 6 nitrogen and oxygen atoms in total. The molecule has 0 bridgehead atoms. The highest BCUT2D eigenvalue weighted by molar-refractivity contribution is 7.07. The number of carbonyl (C=O) groups is 1. The highest BCUT2D eigenvalue weighted by Crippen LogP contribution is 2.32. The molecule has 0 radical (unpaired) electrons. The zero-order chi connectivity index (χ0) is 28.4. The van der Waals surface area contributed by atoms with Crippen LogP contribution in [0.5, 0.6) is 5.75 Å². The van der Waals surface area contributed by atoms with Crippen LogP contribution in [0.4, 0.5) is 0 Å². The summed E-state index contributed by atoms with van der Waals surface area (Å²) >= 11 is 7.48. The molecule has 0 N–H and O–H groups in total. The zero-order valence-corrected chi connectivity index (χ0v) is 24.1. The summed E-state index contributed by atoms with van der Waals surface area (Å²) in [7, 11) is 0. The fourth-order valence-corrected chi connectivity index (χ4v) is 6.19. The van der Waals surface area contributed by atoms with E-state index in [1.165, 1.54) is 11.3 Å². The van der Waals surface area contributed by atoms with Crippen LogP contribution in [0.15, 0.2) is 81.7 Å². The molecule has 0 saturated carbocycles. The lowest BCUT2D eigenvalue weighted by Crippen LogP contribution is -2.43. The van der Waals surface area contributed by atoms with E-state index >= 15 is 0 Å². The Morgan fingerprint density at radius 3 is 2.58 bits per heavy atom. The van der Waals surface area contributed by atoms with Crippen LogP contribution < -0.4 is 19.6 Å². The van der Waals surface area contributed by atoms with Crippen LogP contribution in [0.25, 0.3) is 16.8 Å².